The van der Waals surface area contributed by atoms with Gasteiger partial charge in [-0.05, 0) is 40.8 Å². The highest BCUT2D eigenvalue weighted by Gasteiger charge is 2.31. The maximum absolute atomic E-state index is 13.5. The molecule has 1 atom stereocenters. The van der Waals surface area contributed by atoms with Crippen molar-refractivity contribution in [1.82, 2.24) is 9.80 Å². The summed E-state index contributed by atoms with van der Waals surface area (Å²) in [7, 11) is 0. The van der Waals surface area contributed by atoms with Crippen molar-refractivity contribution in [3.63, 3.8) is 0 Å². The van der Waals surface area contributed by atoms with Crippen LogP contribution < -0.4 is 0 Å². The van der Waals surface area contributed by atoms with E-state index in [0.29, 0.717) is 17.7 Å². The van der Waals surface area contributed by atoms with Crippen molar-refractivity contribution >= 4 is 5.91 Å². The van der Waals surface area contributed by atoms with Gasteiger partial charge in [0.05, 0.1) is 0 Å². The number of hydrogen-bond acceptors (Lipinski definition) is 2. The normalized spacial score (nSPS) is 16.2. The molecule has 37 heavy (non-hydrogen) atoms. The lowest BCUT2D eigenvalue weighted by atomic mass is 9.98. The van der Waals surface area contributed by atoms with Crippen LogP contribution in [0, 0.1) is 0 Å². The lowest BCUT2D eigenvalue weighted by Crippen LogP contribution is -2.55. The number of benzene rings is 4. The molecule has 4 aromatic carbocycles. The Balaban J connectivity index is 1.31. The minimum Gasteiger partial charge on any atom is -0.333 e. The van der Waals surface area contributed by atoms with E-state index in [1.54, 1.807) is 18.2 Å². The van der Waals surface area contributed by atoms with Crippen molar-refractivity contribution in [3.05, 3.63) is 131 Å². The van der Waals surface area contributed by atoms with Crippen LogP contribution in [-0.2, 0) is 13.0 Å². The van der Waals surface area contributed by atoms with Crippen LogP contribution in [-0.4, -0.2) is 41.4 Å². The van der Waals surface area contributed by atoms with E-state index in [-0.39, 0.29) is 17.5 Å². The molecule has 3 nitrogen and oxygen atoms in total. The van der Waals surface area contributed by atoms with E-state index in [9.17, 15) is 13.6 Å². The fraction of sp³-hybridized carbons (Fsp3) is 0.219. The van der Waals surface area contributed by atoms with Crippen molar-refractivity contribution in [2.75, 3.05) is 19.6 Å². The van der Waals surface area contributed by atoms with Gasteiger partial charge >= 0.3 is 0 Å². The summed E-state index contributed by atoms with van der Waals surface area (Å²) in [5.41, 5.74) is 4.47. The lowest BCUT2D eigenvalue weighted by molar-refractivity contribution is 0.0439. The van der Waals surface area contributed by atoms with Gasteiger partial charge in [0, 0.05) is 43.3 Å². The second-order valence-electron chi connectivity index (χ2n) is 9.53. The average molecular weight is 497 g/mol. The Hall–Kier alpha value is -3.83. The van der Waals surface area contributed by atoms with Crippen LogP contribution in [0.25, 0.3) is 11.1 Å². The van der Waals surface area contributed by atoms with Crippen LogP contribution in [0.3, 0.4) is 0 Å². The average Bonchev–Trinajstić information content (AvgIpc) is 2.94. The van der Waals surface area contributed by atoms with Gasteiger partial charge in [0.2, 0.25) is 0 Å². The summed E-state index contributed by atoms with van der Waals surface area (Å²) < 4.78 is 26.9. The van der Waals surface area contributed by atoms with Crippen LogP contribution in [0.1, 0.15) is 33.5 Å². The van der Waals surface area contributed by atoms with Crippen molar-refractivity contribution in [1.29, 1.82) is 0 Å². The Labute approximate surface area is 217 Å². The first-order valence-corrected chi connectivity index (χ1v) is 12.7. The summed E-state index contributed by atoms with van der Waals surface area (Å²) in [4.78, 5) is 17.8. The highest BCUT2D eigenvalue weighted by atomic mass is 19.3. The SMILES string of the molecule is O=C(c1ccccc1)N1CCN(Cc2ccc(-c3ccccc3C(F)F)cc2)CC1Cc1ccccc1. The number of hydrogen-bond donors (Lipinski definition) is 0. The molecule has 1 heterocycles. The number of carbonyl (C=O) groups is 1. The van der Waals surface area contributed by atoms with Crippen LogP contribution in [0.15, 0.2) is 109 Å². The summed E-state index contributed by atoms with van der Waals surface area (Å²) >= 11 is 0. The van der Waals surface area contributed by atoms with E-state index in [1.807, 2.05) is 77.7 Å². The van der Waals surface area contributed by atoms with Gasteiger partial charge in [0.15, 0.2) is 0 Å². The molecule has 5 rings (SSSR count). The highest BCUT2D eigenvalue weighted by Crippen LogP contribution is 2.31. The van der Waals surface area contributed by atoms with Crippen molar-refractivity contribution in [2.45, 2.75) is 25.4 Å². The molecule has 1 saturated heterocycles. The van der Waals surface area contributed by atoms with Crippen molar-refractivity contribution in [3.8, 4) is 11.1 Å². The zero-order chi connectivity index (χ0) is 25.6. The second-order valence-corrected chi connectivity index (χ2v) is 9.53. The fourth-order valence-corrected chi connectivity index (χ4v) is 5.14. The van der Waals surface area contributed by atoms with E-state index in [0.717, 1.165) is 37.2 Å². The van der Waals surface area contributed by atoms with Gasteiger partial charge in [-0.25, -0.2) is 8.78 Å². The molecule has 0 spiro atoms. The van der Waals surface area contributed by atoms with E-state index < -0.39 is 6.43 Å². The quantitative estimate of drug-likeness (QED) is 0.279. The first kappa shape index (κ1) is 24.8. The third-order valence-electron chi connectivity index (χ3n) is 7.03. The minimum absolute atomic E-state index is 0.0539. The topological polar surface area (TPSA) is 23.6 Å². The molecule has 1 aliphatic rings. The number of nitrogens with zero attached hydrogens (tertiary/aromatic N) is 2. The molecule has 188 valence electrons. The van der Waals surface area contributed by atoms with Gasteiger partial charge in [-0.15, -0.1) is 0 Å². The van der Waals surface area contributed by atoms with E-state index in [1.165, 1.54) is 11.6 Å². The molecule has 0 aromatic heterocycles. The Bertz CT molecular complexity index is 1310. The number of alkyl halides is 2. The molecule has 0 saturated carbocycles. The van der Waals surface area contributed by atoms with Gasteiger partial charge in [-0.3, -0.25) is 9.69 Å². The number of rotatable bonds is 7. The Morgan fingerprint density at radius 1 is 0.757 bits per heavy atom. The summed E-state index contributed by atoms with van der Waals surface area (Å²) in [5.74, 6) is 0.0724. The van der Waals surface area contributed by atoms with Gasteiger partial charge < -0.3 is 4.90 Å². The Kier molecular flexibility index (Phi) is 7.71. The third kappa shape index (κ3) is 5.95. The number of piperazine rings is 1. The van der Waals surface area contributed by atoms with Crippen LogP contribution in [0.4, 0.5) is 8.78 Å². The predicted octanol–water partition coefficient (Wildman–Crippen LogP) is 6.86. The van der Waals surface area contributed by atoms with Gasteiger partial charge in [-0.2, -0.15) is 0 Å². The minimum atomic E-state index is -2.51. The van der Waals surface area contributed by atoms with E-state index in [2.05, 4.69) is 17.0 Å². The lowest BCUT2D eigenvalue weighted by Gasteiger charge is -2.42. The van der Waals surface area contributed by atoms with Crippen LogP contribution >= 0.6 is 0 Å². The summed E-state index contributed by atoms with van der Waals surface area (Å²) in [6.45, 7) is 2.95. The van der Waals surface area contributed by atoms with E-state index >= 15 is 0 Å². The molecule has 1 aliphatic heterocycles. The predicted molar refractivity (Wildman–Crippen MR) is 144 cm³/mol. The van der Waals surface area contributed by atoms with Gasteiger partial charge in [-0.1, -0.05) is 97.1 Å². The number of amides is 1. The Morgan fingerprint density at radius 2 is 1.41 bits per heavy atom. The zero-order valence-electron chi connectivity index (χ0n) is 20.6. The largest absolute Gasteiger partial charge is 0.333 e. The van der Waals surface area contributed by atoms with Crippen LogP contribution in [0.2, 0.25) is 0 Å². The summed E-state index contributed by atoms with van der Waals surface area (Å²) in [5, 5.41) is 0. The van der Waals surface area contributed by atoms with Crippen molar-refractivity contribution < 1.29 is 13.6 Å². The zero-order valence-corrected chi connectivity index (χ0v) is 20.6. The van der Waals surface area contributed by atoms with Gasteiger partial charge in [0.1, 0.15) is 0 Å². The molecule has 5 heteroatoms. The maximum atomic E-state index is 13.5. The second kappa shape index (κ2) is 11.5. The standard InChI is InChI=1S/C32H30F2N2O/c33-31(34)30-14-8-7-13-29(30)26-17-15-25(16-18-26)22-35-19-20-36(32(37)27-11-5-2-6-12-27)28(23-35)21-24-9-3-1-4-10-24/h1-18,28,31H,19-23H2. The fourth-order valence-electron chi connectivity index (χ4n) is 5.14. The summed E-state index contributed by atoms with van der Waals surface area (Å²) in [6.07, 6.45) is -1.72. The smallest absolute Gasteiger partial charge is 0.264 e. The highest BCUT2D eigenvalue weighted by molar-refractivity contribution is 5.94. The van der Waals surface area contributed by atoms with E-state index in [4.69, 9.17) is 0 Å². The number of halogens is 2. The number of carbonyl (C=O) groups excluding carboxylic acids is 1. The molecule has 0 aliphatic carbocycles. The first-order chi connectivity index (χ1) is 18.1. The molecular weight excluding hydrogens is 466 g/mol. The maximum Gasteiger partial charge on any atom is 0.264 e. The third-order valence-corrected chi connectivity index (χ3v) is 7.03. The first-order valence-electron chi connectivity index (χ1n) is 12.7. The Morgan fingerprint density at radius 3 is 2.11 bits per heavy atom. The van der Waals surface area contributed by atoms with Gasteiger partial charge in [0.25, 0.3) is 12.3 Å². The van der Waals surface area contributed by atoms with Crippen LogP contribution in [0.5, 0.6) is 0 Å². The molecular formula is C32H30F2N2O. The molecule has 0 radical (unpaired) electrons. The molecule has 0 N–H and O–H groups in total. The molecule has 1 amide bonds. The molecule has 1 unspecified atom stereocenters. The monoisotopic (exact) mass is 496 g/mol. The molecule has 0 bridgehead atoms. The molecule has 1 fully saturated rings. The van der Waals surface area contributed by atoms with Crippen molar-refractivity contribution in [2.24, 2.45) is 0 Å². The molecule has 4 aromatic rings. The summed E-state index contributed by atoms with van der Waals surface area (Å²) in [6, 6.07) is 34.4.